The lowest BCUT2D eigenvalue weighted by Crippen LogP contribution is -2.39. The Morgan fingerprint density at radius 2 is 2.25 bits per heavy atom. The third-order valence-corrected chi connectivity index (χ3v) is 3.55. The predicted molar refractivity (Wildman–Crippen MR) is 68.2 cm³/mol. The highest BCUT2D eigenvalue weighted by Crippen LogP contribution is 2.25. The average Bonchev–Trinajstić information content (AvgIpc) is 2.96. The second-order valence-corrected chi connectivity index (χ2v) is 5.27. The van der Waals surface area contributed by atoms with Gasteiger partial charge in [0.2, 0.25) is 0 Å². The van der Waals surface area contributed by atoms with Gasteiger partial charge in [0.25, 0.3) is 0 Å². The van der Waals surface area contributed by atoms with Crippen LogP contribution >= 0.6 is 11.3 Å². The molecule has 1 atom stereocenters. The van der Waals surface area contributed by atoms with E-state index in [2.05, 4.69) is 4.98 Å². The topological polar surface area (TPSA) is 49.5 Å². The van der Waals surface area contributed by atoms with Gasteiger partial charge in [0.1, 0.15) is 11.3 Å². The number of furan rings is 1. The maximum Gasteiger partial charge on any atom is 0.415 e. The first-order chi connectivity index (χ1) is 9.36. The second-order valence-electron chi connectivity index (χ2n) is 4.41. The number of halogens is 3. The summed E-state index contributed by atoms with van der Waals surface area (Å²) in [5.41, 5.74) is 1.49. The molecule has 0 aliphatic heterocycles. The number of aliphatic hydroxyl groups is 1. The number of likely N-dealkylation sites (N-methyl/N-ethyl adjacent to an activating group) is 1. The standard InChI is InChI=1S/C12H13F3N2O2S/c1-17(5-10(18)12(13,14)15)4-9-7-20-11(16-9)8-2-3-19-6-8/h2-3,6-7,10,18H,4-5H2,1H3. The van der Waals surface area contributed by atoms with Crippen molar-refractivity contribution in [2.24, 2.45) is 0 Å². The van der Waals surface area contributed by atoms with Gasteiger partial charge in [0, 0.05) is 24.0 Å². The van der Waals surface area contributed by atoms with E-state index < -0.39 is 18.8 Å². The predicted octanol–water partition coefficient (Wildman–Crippen LogP) is 2.76. The molecule has 20 heavy (non-hydrogen) atoms. The van der Waals surface area contributed by atoms with E-state index in [1.165, 1.54) is 29.5 Å². The van der Waals surface area contributed by atoms with Crippen LogP contribution in [0.5, 0.6) is 0 Å². The van der Waals surface area contributed by atoms with Gasteiger partial charge in [-0.15, -0.1) is 11.3 Å². The van der Waals surface area contributed by atoms with E-state index in [1.54, 1.807) is 17.7 Å². The van der Waals surface area contributed by atoms with E-state index in [0.29, 0.717) is 5.69 Å². The zero-order chi connectivity index (χ0) is 14.8. The Morgan fingerprint density at radius 3 is 2.85 bits per heavy atom. The summed E-state index contributed by atoms with van der Waals surface area (Å²) >= 11 is 1.39. The maximum absolute atomic E-state index is 12.2. The fourth-order valence-corrected chi connectivity index (χ4v) is 2.44. The molecule has 110 valence electrons. The van der Waals surface area contributed by atoms with Crippen LogP contribution in [0.15, 0.2) is 28.4 Å². The molecule has 0 aliphatic carbocycles. The zero-order valence-corrected chi connectivity index (χ0v) is 11.4. The molecule has 2 rings (SSSR count). The van der Waals surface area contributed by atoms with Crippen molar-refractivity contribution < 1.29 is 22.7 Å². The molecule has 1 unspecified atom stereocenters. The highest BCUT2D eigenvalue weighted by molar-refractivity contribution is 7.13. The number of aromatic nitrogens is 1. The molecule has 0 aliphatic rings. The van der Waals surface area contributed by atoms with Crippen molar-refractivity contribution in [1.82, 2.24) is 9.88 Å². The van der Waals surface area contributed by atoms with E-state index in [1.807, 2.05) is 0 Å². The largest absolute Gasteiger partial charge is 0.472 e. The maximum atomic E-state index is 12.2. The fraction of sp³-hybridized carbons (Fsp3) is 0.417. The third kappa shape index (κ3) is 3.81. The molecule has 0 bridgehead atoms. The van der Waals surface area contributed by atoms with E-state index in [-0.39, 0.29) is 6.54 Å². The molecular formula is C12H13F3N2O2S. The number of hydrogen-bond acceptors (Lipinski definition) is 5. The quantitative estimate of drug-likeness (QED) is 0.923. The summed E-state index contributed by atoms with van der Waals surface area (Å²) in [5.74, 6) is 0. The smallest absolute Gasteiger partial charge is 0.415 e. The molecule has 0 aromatic carbocycles. The summed E-state index contributed by atoms with van der Waals surface area (Å²) in [4.78, 5) is 5.70. The Labute approximate surface area is 117 Å². The number of alkyl halides is 3. The van der Waals surface area contributed by atoms with E-state index in [4.69, 9.17) is 9.52 Å². The molecule has 0 amide bonds. The monoisotopic (exact) mass is 306 g/mol. The summed E-state index contributed by atoms with van der Waals surface area (Å²) in [6.45, 7) is -0.246. The first kappa shape index (κ1) is 15.0. The van der Waals surface area contributed by atoms with Crippen molar-refractivity contribution in [3.8, 4) is 10.6 Å². The van der Waals surface area contributed by atoms with Crippen LogP contribution in [-0.2, 0) is 6.54 Å². The molecule has 0 saturated heterocycles. The van der Waals surface area contributed by atoms with Gasteiger partial charge in [-0.3, -0.25) is 4.90 Å². The van der Waals surface area contributed by atoms with Crippen LogP contribution in [0.4, 0.5) is 13.2 Å². The minimum absolute atomic E-state index is 0.238. The van der Waals surface area contributed by atoms with Gasteiger partial charge in [-0.25, -0.2) is 4.98 Å². The van der Waals surface area contributed by atoms with Crippen LogP contribution in [0, 0.1) is 0 Å². The minimum Gasteiger partial charge on any atom is -0.472 e. The highest BCUT2D eigenvalue weighted by Gasteiger charge is 2.38. The highest BCUT2D eigenvalue weighted by atomic mass is 32.1. The molecule has 8 heteroatoms. The molecular weight excluding hydrogens is 293 g/mol. The first-order valence-corrected chi connectivity index (χ1v) is 6.64. The van der Waals surface area contributed by atoms with Crippen molar-refractivity contribution in [3.05, 3.63) is 29.7 Å². The van der Waals surface area contributed by atoms with Crippen molar-refractivity contribution in [1.29, 1.82) is 0 Å². The van der Waals surface area contributed by atoms with Gasteiger partial charge >= 0.3 is 6.18 Å². The Kier molecular flexibility index (Phi) is 4.46. The number of thiazole rings is 1. The van der Waals surface area contributed by atoms with Gasteiger partial charge in [-0.05, 0) is 13.1 Å². The Hall–Kier alpha value is -1.38. The normalized spacial score (nSPS) is 13.9. The molecule has 2 heterocycles. The molecule has 0 fully saturated rings. The molecule has 2 aromatic rings. The van der Waals surface area contributed by atoms with Crippen LogP contribution < -0.4 is 0 Å². The molecule has 2 aromatic heterocycles. The Bertz CT molecular complexity index is 539. The van der Waals surface area contributed by atoms with Gasteiger partial charge < -0.3 is 9.52 Å². The van der Waals surface area contributed by atoms with Gasteiger partial charge in [-0.2, -0.15) is 13.2 Å². The van der Waals surface area contributed by atoms with Crippen LogP contribution in [0.1, 0.15) is 5.69 Å². The summed E-state index contributed by atoms with van der Waals surface area (Å²) < 4.78 is 41.7. The number of rotatable bonds is 5. The number of nitrogens with zero attached hydrogens (tertiary/aromatic N) is 2. The lowest BCUT2D eigenvalue weighted by Gasteiger charge is -2.21. The SMILES string of the molecule is CN(Cc1csc(-c2ccoc2)n1)CC(O)C(F)(F)F. The fourth-order valence-electron chi connectivity index (χ4n) is 1.64. The van der Waals surface area contributed by atoms with E-state index in [0.717, 1.165) is 10.6 Å². The van der Waals surface area contributed by atoms with Crippen molar-refractivity contribution in [2.75, 3.05) is 13.6 Å². The lowest BCUT2D eigenvalue weighted by atomic mass is 10.3. The molecule has 0 spiro atoms. The third-order valence-electron chi connectivity index (χ3n) is 2.61. The van der Waals surface area contributed by atoms with Gasteiger partial charge in [-0.1, -0.05) is 0 Å². The van der Waals surface area contributed by atoms with Crippen molar-refractivity contribution in [2.45, 2.75) is 18.8 Å². The van der Waals surface area contributed by atoms with E-state index in [9.17, 15) is 13.2 Å². The first-order valence-electron chi connectivity index (χ1n) is 5.76. The zero-order valence-electron chi connectivity index (χ0n) is 10.6. The van der Waals surface area contributed by atoms with Crippen LogP contribution in [0.2, 0.25) is 0 Å². The average molecular weight is 306 g/mol. The van der Waals surface area contributed by atoms with Crippen LogP contribution in [0.25, 0.3) is 10.6 Å². The number of hydrogen-bond donors (Lipinski definition) is 1. The molecule has 1 N–H and O–H groups in total. The second kappa shape index (κ2) is 5.94. The molecule has 4 nitrogen and oxygen atoms in total. The molecule has 0 saturated carbocycles. The number of aliphatic hydroxyl groups excluding tert-OH is 1. The van der Waals surface area contributed by atoms with E-state index >= 15 is 0 Å². The minimum atomic E-state index is -4.60. The summed E-state index contributed by atoms with van der Waals surface area (Å²) in [5, 5.41) is 11.5. The summed E-state index contributed by atoms with van der Waals surface area (Å²) in [7, 11) is 1.51. The summed E-state index contributed by atoms with van der Waals surface area (Å²) in [6, 6.07) is 1.76. The Morgan fingerprint density at radius 1 is 1.50 bits per heavy atom. The lowest BCUT2D eigenvalue weighted by molar-refractivity contribution is -0.207. The van der Waals surface area contributed by atoms with Crippen LogP contribution in [0.3, 0.4) is 0 Å². The summed E-state index contributed by atoms with van der Waals surface area (Å²) in [6.07, 6.45) is -3.86. The Balaban J connectivity index is 1.94. The van der Waals surface area contributed by atoms with Crippen molar-refractivity contribution in [3.63, 3.8) is 0 Å². The van der Waals surface area contributed by atoms with Gasteiger partial charge in [0.15, 0.2) is 6.10 Å². The van der Waals surface area contributed by atoms with Crippen molar-refractivity contribution >= 4 is 11.3 Å². The van der Waals surface area contributed by atoms with Gasteiger partial charge in [0.05, 0.1) is 12.0 Å². The van der Waals surface area contributed by atoms with Crippen LogP contribution in [-0.4, -0.2) is 40.9 Å². The molecule has 0 radical (unpaired) electrons.